The van der Waals surface area contributed by atoms with E-state index in [-0.39, 0.29) is 10.9 Å². The van der Waals surface area contributed by atoms with Gasteiger partial charge in [-0.05, 0) is 38.1 Å². The summed E-state index contributed by atoms with van der Waals surface area (Å²) in [6.45, 7) is 0.762. The summed E-state index contributed by atoms with van der Waals surface area (Å²) in [6, 6.07) is 2.44. The maximum absolute atomic E-state index is 12.9. The van der Waals surface area contributed by atoms with Crippen molar-refractivity contribution < 1.29 is 21.6 Å². The van der Waals surface area contributed by atoms with Crippen molar-refractivity contribution in [2.45, 2.75) is 30.0 Å². The molecule has 22 heavy (non-hydrogen) atoms. The Bertz CT molecular complexity index is 649. The summed E-state index contributed by atoms with van der Waals surface area (Å²) in [7, 11) is -2.27. The van der Waals surface area contributed by atoms with Gasteiger partial charge >= 0.3 is 6.18 Å². The van der Waals surface area contributed by atoms with Crippen LogP contribution in [0, 0.1) is 0 Å². The Labute approximate surface area is 132 Å². The molecular formula is C13H16ClF3N2O2S. The minimum atomic E-state index is -4.70. The van der Waals surface area contributed by atoms with E-state index in [1.165, 1.54) is 4.31 Å². The van der Waals surface area contributed by atoms with Crippen molar-refractivity contribution in [1.29, 1.82) is 0 Å². The maximum atomic E-state index is 12.9. The number of benzene rings is 1. The molecule has 9 heteroatoms. The van der Waals surface area contributed by atoms with Gasteiger partial charge < -0.3 is 5.32 Å². The van der Waals surface area contributed by atoms with Crippen LogP contribution >= 0.6 is 11.6 Å². The van der Waals surface area contributed by atoms with Crippen molar-refractivity contribution in [2.75, 3.05) is 20.1 Å². The molecule has 1 N–H and O–H groups in total. The van der Waals surface area contributed by atoms with Crippen LogP contribution in [0.4, 0.5) is 13.2 Å². The number of hydrogen-bond donors (Lipinski definition) is 1. The topological polar surface area (TPSA) is 49.4 Å². The fourth-order valence-corrected chi connectivity index (χ4v) is 4.53. The van der Waals surface area contributed by atoms with E-state index < -0.39 is 26.8 Å². The molecule has 0 aliphatic carbocycles. The Balaban J connectivity index is 2.42. The van der Waals surface area contributed by atoms with E-state index in [1.807, 2.05) is 0 Å². The van der Waals surface area contributed by atoms with Crippen LogP contribution < -0.4 is 5.32 Å². The number of nitrogens with zero attached hydrogens (tertiary/aromatic N) is 1. The molecule has 0 saturated carbocycles. The first-order chi connectivity index (χ1) is 10.2. The molecule has 1 aliphatic rings. The van der Waals surface area contributed by atoms with Crippen LogP contribution in [0.2, 0.25) is 5.02 Å². The molecule has 1 saturated heterocycles. The largest absolute Gasteiger partial charge is 0.417 e. The normalized spacial score (nSPS) is 20.5. The summed E-state index contributed by atoms with van der Waals surface area (Å²) >= 11 is 5.53. The molecule has 0 radical (unpaired) electrons. The summed E-state index contributed by atoms with van der Waals surface area (Å²) in [6.07, 6.45) is -3.33. The zero-order valence-electron chi connectivity index (χ0n) is 11.8. The Kier molecular flexibility index (Phi) is 5.06. The first-order valence-electron chi connectivity index (χ1n) is 6.71. The molecular weight excluding hydrogens is 341 g/mol. The molecule has 0 amide bonds. The molecule has 0 aromatic heterocycles. The van der Waals surface area contributed by atoms with E-state index in [0.29, 0.717) is 32.0 Å². The number of alkyl halides is 3. The van der Waals surface area contributed by atoms with Gasteiger partial charge in [-0.1, -0.05) is 11.6 Å². The van der Waals surface area contributed by atoms with Crippen LogP contribution in [-0.2, 0) is 16.2 Å². The highest BCUT2D eigenvalue weighted by Crippen LogP contribution is 2.37. The maximum Gasteiger partial charge on any atom is 0.417 e. The lowest BCUT2D eigenvalue weighted by Gasteiger charge is -2.24. The number of nitrogens with one attached hydrogen (secondary N) is 1. The van der Waals surface area contributed by atoms with Gasteiger partial charge in [0.15, 0.2) is 0 Å². The fraction of sp³-hybridized carbons (Fsp3) is 0.538. The minimum Gasteiger partial charge on any atom is -0.318 e. The number of rotatable bonds is 4. The SMILES string of the molecule is CNCC1CCCN1S(=O)(=O)c1ccc(Cl)c(C(F)(F)F)c1. The molecule has 1 fully saturated rings. The molecule has 1 aromatic rings. The van der Waals surface area contributed by atoms with Gasteiger partial charge in [0.1, 0.15) is 0 Å². The van der Waals surface area contributed by atoms with E-state index in [0.717, 1.165) is 12.1 Å². The minimum absolute atomic E-state index is 0.250. The Morgan fingerprint density at radius 3 is 2.68 bits per heavy atom. The van der Waals surface area contributed by atoms with Crippen molar-refractivity contribution in [3.05, 3.63) is 28.8 Å². The standard InChI is InChI=1S/C13H16ClF3N2O2S/c1-18-8-9-3-2-6-19(9)22(20,21)10-4-5-12(14)11(7-10)13(15,16)17/h4-5,7,9,18H,2-3,6,8H2,1H3. The molecule has 0 spiro atoms. The van der Waals surface area contributed by atoms with Crippen molar-refractivity contribution in [1.82, 2.24) is 9.62 Å². The third kappa shape index (κ3) is 3.40. The summed E-state index contributed by atoms with van der Waals surface area (Å²) < 4.78 is 65.1. The highest BCUT2D eigenvalue weighted by molar-refractivity contribution is 7.89. The van der Waals surface area contributed by atoms with Crippen LogP contribution in [0.1, 0.15) is 18.4 Å². The zero-order valence-corrected chi connectivity index (χ0v) is 13.4. The molecule has 1 aromatic carbocycles. The molecule has 1 heterocycles. The molecule has 124 valence electrons. The highest BCUT2D eigenvalue weighted by atomic mass is 35.5. The number of hydrogen-bond acceptors (Lipinski definition) is 3. The molecule has 1 unspecified atom stereocenters. The predicted octanol–water partition coefficient (Wildman–Crippen LogP) is 2.73. The lowest BCUT2D eigenvalue weighted by molar-refractivity contribution is -0.137. The predicted molar refractivity (Wildman–Crippen MR) is 77.3 cm³/mol. The van der Waals surface area contributed by atoms with Crippen LogP contribution in [0.5, 0.6) is 0 Å². The lowest BCUT2D eigenvalue weighted by Crippen LogP contribution is -2.40. The third-order valence-electron chi connectivity index (χ3n) is 3.61. The average molecular weight is 357 g/mol. The first kappa shape index (κ1) is 17.5. The number of halogens is 4. The molecule has 0 bridgehead atoms. The second-order valence-electron chi connectivity index (χ2n) is 5.11. The van der Waals surface area contributed by atoms with Crippen LogP contribution in [0.15, 0.2) is 23.1 Å². The van der Waals surface area contributed by atoms with E-state index in [1.54, 1.807) is 7.05 Å². The van der Waals surface area contributed by atoms with Crippen molar-refractivity contribution >= 4 is 21.6 Å². The summed E-state index contributed by atoms with van der Waals surface area (Å²) in [5.74, 6) is 0. The Hall–Kier alpha value is -0.830. The smallest absolute Gasteiger partial charge is 0.318 e. The molecule has 1 atom stereocenters. The zero-order chi connectivity index (χ0) is 16.5. The lowest BCUT2D eigenvalue weighted by atomic mass is 10.2. The van der Waals surface area contributed by atoms with E-state index in [2.05, 4.69) is 5.32 Å². The van der Waals surface area contributed by atoms with Gasteiger partial charge in [-0.15, -0.1) is 0 Å². The van der Waals surface area contributed by atoms with E-state index in [9.17, 15) is 21.6 Å². The molecule has 2 rings (SSSR count). The highest BCUT2D eigenvalue weighted by Gasteiger charge is 2.38. The summed E-state index contributed by atoms with van der Waals surface area (Å²) in [5.41, 5.74) is -1.14. The second kappa shape index (κ2) is 6.35. The van der Waals surface area contributed by atoms with Gasteiger partial charge in [-0.25, -0.2) is 8.42 Å². The second-order valence-corrected chi connectivity index (χ2v) is 7.41. The van der Waals surface area contributed by atoms with Gasteiger partial charge in [0.05, 0.1) is 15.5 Å². The van der Waals surface area contributed by atoms with Gasteiger partial charge in [0, 0.05) is 19.1 Å². The van der Waals surface area contributed by atoms with Gasteiger partial charge in [0.2, 0.25) is 10.0 Å². The fourth-order valence-electron chi connectivity index (χ4n) is 2.58. The molecule has 4 nitrogen and oxygen atoms in total. The van der Waals surface area contributed by atoms with E-state index >= 15 is 0 Å². The van der Waals surface area contributed by atoms with Crippen molar-refractivity contribution in [2.24, 2.45) is 0 Å². The van der Waals surface area contributed by atoms with Crippen LogP contribution in [0.3, 0.4) is 0 Å². The summed E-state index contributed by atoms with van der Waals surface area (Å²) in [5, 5.41) is 2.39. The Morgan fingerprint density at radius 2 is 2.09 bits per heavy atom. The Morgan fingerprint density at radius 1 is 1.41 bits per heavy atom. The van der Waals surface area contributed by atoms with E-state index in [4.69, 9.17) is 11.6 Å². The van der Waals surface area contributed by atoms with Crippen molar-refractivity contribution in [3.63, 3.8) is 0 Å². The monoisotopic (exact) mass is 356 g/mol. The number of sulfonamides is 1. The third-order valence-corrected chi connectivity index (χ3v) is 5.89. The quantitative estimate of drug-likeness (QED) is 0.902. The van der Waals surface area contributed by atoms with Crippen molar-refractivity contribution in [3.8, 4) is 0 Å². The summed E-state index contributed by atoms with van der Waals surface area (Å²) in [4.78, 5) is -0.382. The van der Waals surface area contributed by atoms with Gasteiger partial charge in [0.25, 0.3) is 0 Å². The van der Waals surface area contributed by atoms with Gasteiger partial charge in [-0.2, -0.15) is 17.5 Å². The number of likely N-dealkylation sites (N-methyl/N-ethyl adjacent to an activating group) is 1. The molecule has 1 aliphatic heterocycles. The van der Waals surface area contributed by atoms with Gasteiger partial charge in [-0.3, -0.25) is 0 Å². The first-order valence-corrected chi connectivity index (χ1v) is 8.53. The average Bonchev–Trinajstić information content (AvgIpc) is 2.87. The van der Waals surface area contributed by atoms with Crippen LogP contribution in [-0.4, -0.2) is 38.9 Å². The van der Waals surface area contributed by atoms with Crippen LogP contribution in [0.25, 0.3) is 0 Å².